The van der Waals surface area contributed by atoms with E-state index in [2.05, 4.69) is 27.7 Å². The molecule has 0 nitrogen and oxygen atoms in total. The van der Waals surface area contributed by atoms with E-state index in [4.69, 9.17) is 0 Å². The first-order chi connectivity index (χ1) is 5.16. The van der Waals surface area contributed by atoms with Crippen molar-refractivity contribution < 1.29 is 0 Å². The van der Waals surface area contributed by atoms with Crippen LogP contribution < -0.4 is 0 Å². The van der Waals surface area contributed by atoms with E-state index in [1.165, 1.54) is 19.3 Å². The first-order valence-electron chi connectivity index (χ1n) is 5.16. The molecule has 1 aliphatic carbocycles. The number of rotatable bonds is 2. The summed E-state index contributed by atoms with van der Waals surface area (Å²) in [7, 11) is 0. The lowest BCUT2D eigenvalue weighted by Crippen LogP contribution is -2.09. The zero-order chi connectivity index (χ0) is 8.43. The third-order valence-corrected chi connectivity index (χ3v) is 3.80. The van der Waals surface area contributed by atoms with Gasteiger partial charge in [-0.2, -0.15) is 0 Å². The van der Waals surface area contributed by atoms with E-state index >= 15 is 0 Å². The van der Waals surface area contributed by atoms with Crippen LogP contribution in [0.25, 0.3) is 0 Å². The van der Waals surface area contributed by atoms with Gasteiger partial charge in [0, 0.05) is 0 Å². The highest BCUT2D eigenvalue weighted by Gasteiger charge is 2.34. The molecule has 0 aromatic rings. The summed E-state index contributed by atoms with van der Waals surface area (Å²) < 4.78 is 0. The Morgan fingerprint density at radius 1 is 1.09 bits per heavy atom. The minimum Gasteiger partial charge on any atom is -0.0654 e. The normalized spacial score (nSPS) is 44.7. The van der Waals surface area contributed by atoms with E-state index in [1.807, 2.05) is 0 Å². The number of hydrogen-bond acceptors (Lipinski definition) is 0. The van der Waals surface area contributed by atoms with Gasteiger partial charge >= 0.3 is 0 Å². The van der Waals surface area contributed by atoms with Crippen LogP contribution in [0.15, 0.2) is 0 Å². The largest absolute Gasteiger partial charge is 0.0654 e. The minimum absolute atomic E-state index is 0.964. The Labute approximate surface area is 71.4 Å². The van der Waals surface area contributed by atoms with Gasteiger partial charge in [-0.1, -0.05) is 40.5 Å². The van der Waals surface area contributed by atoms with Crippen molar-refractivity contribution in [2.24, 2.45) is 23.7 Å². The SMILES string of the molecule is CCCC1CC(C)C(C)C1C. The maximum atomic E-state index is 2.44. The summed E-state index contributed by atoms with van der Waals surface area (Å²) in [5.41, 5.74) is 0. The standard InChI is InChI=1S/C11H22/c1-5-6-11-7-8(2)9(3)10(11)4/h8-11H,5-7H2,1-4H3. The Balaban J connectivity index is 2.45. The number of hydrogen-bond donors (Lipinski definition) is 0. The molecule has 4 atom stereocenters. The first-order valence-corrected chi connectivity index (χ1v) is 5.16. The van der Waals surface area contributed by atoms with Crippen molar-refractivity contribution in [3.05, 3.63) is 0 Å². The Kier molecular flexibility index (Phi) is 2.98. The maximum Gasteiger partial charge on any atom is -0.0383 e. The molecule has 0 N–H and O–H groups in total. The summed E-state index contributed by atoms with van der Waals surface area (Å²) in [6.07, 6.45) is 4.31. The lowest BCUT2D eigenvalue weighted by molar-refractivity contribution is 0.326. The molecule has 66 valence electrons. The second kappa shape index (κ2) is 3.60. The van der Waals surface area contributed by atoms with Gasteiger partial charge in [-0.15, -0.1) is 0 Å². The van der Waals surface area contributed by atoms with Gasteiger partial charge in [0.25, 0.3) is 0 Å². The lowest BCUT2D eigenvalue weighted by Gasteiger charge is -2.17. The average Bonchev–Trinajstić information content (AvgIpc) is 2.19. The fourth-order valence-corrected chi connectivity index (χ4v) is 2.61. The molecule has 11 heavy (non-hydrogen) atoms. The third-order valence-electron chi connectivity index (χ3n) is 3.80. The third kappa shape index (κ3) is 1.77. The molecule has 0 bridgehead atoms. The predicted molar refractivity (Wildman–Crippen MR) is 50.5 cm³/mol. The fraction of sp³-hybridized carbons (Fsp3) is 1.00. The van der Waals surface area contributed by atoms with E-state index in [1.54, 1.807) is 0 Å². The molecule has 0 heterocycles. The molecular formula is C11H22. The van der Waals surface area contributed by atoms with Crippen LogP contribution in [0.1, 0.15) is 47.0 Å². The van der Waals surface area contributed by atoms with Crippen molar-refractivity contribution in [1.82, 2.24) is 0 Å². The van der Waals surface area contributed by atoms with Crippen LogP contribution >= 0.6 is 0 Å². The van der Waals surface area contributed by atoms with Crippen molar-refractivity contribution in [3.8, 4) is 0 Å². The first kappa shape index (κ1) is 9.09. The second-order valence-corrected chi connectivity index (χ2v) is 4.48. The molecule has 1 saturated carbocycles. The van der Waals surface area contributed by atoms with E-state index in [0.717, 1.165) is 23.7 Å². The average molecular weight is 154 g/mol. The molecular weight excluding hydrogens is 132 g/mol. The van der Waals surface area contributed by atoms with E-state index in [0.29, 0.717) is 0 Å². The van der Waals surface area contributed by atoms with Crippen molar-refractivity contribution in [3.63, 3.8) is 0 Å². The van der Waals surface area contributed by atoms with Crippen molar-refractivity contribution in [1.29, 1.82) is 0 Å². The second-order valence-electron chi connectivity index (χ2n) is 4.48. The summed E-state index contributed by atoms with van der Waals surface area (Å²) >= 11 is 0. The Bertz CT molecular complexity index is 117. The van der Waals surface area contributed by atoms with Gasteiger partial charge < -0.3 is 0 Å². The molecule has 1 aliphatic rings. The van der Waals surface area contributed by atoms with E-state index in [-0.39, 0.29) is 0 Å². The molecule has 0 aromatic carbocycles. The predicted octanol–water partition coefficient (Wildman–Crippen LogP) is 3.71. The van der Waals surface area contributed by atoms with Crippen molar-refractivity contribution in [2.45, 2.75) is 47.0 Å². The van der Waals surface area contributed by atoms with Crippen LogP contribution in [0.3, 0.4) is 0 Å². The highest BCUT2D eigenvalue weighted by molar-refractivity contribution is 4.83. The summed E-state index contributed by atoms with van der Waals surface area (Å²) in [5, 5.41) is 0. The summed E-state index contributed by atoms with van der Waals surface area (Å²) in [6.45, 7) is 9.58. The van der Waals surface area contributed by atoms with E-state index < -0.39 is 0 Å². The molecule has 0 saturated heterocycles. The van der Waals surface area contributed by atoms with Crippen LogP contribution in [0, 0.1) is 23.7 Å². The Morgan fingerprint density at radius 3 is 2.09 bits per heavy atom. The zero-order valence-corrected chi connectivity index (χ0v) is 8.43. The fourth-order valence-electron chi connectivity index (χ4n) is 2.61. The molecule has 0 heteroatoms. The molecule has 0 aliphatic heterocycles. The van der Waals surface area contributed by atoms with Gasteiger partial charge in [-0.3, -0.25) is 0 Å². The Morgan fingerprint density at radius 2 is 1.73 bits per heavy atom. The van der Waals surface area contributed by atoms with Crippen LogP contribution in [0.4, 0.5) is 0 Å². The minimum atomic E-state index is 0.964. The van der Waals surface area contributed by atoms with Gasteiger partial charge in [0.2, 0.25) is 0 Å². The highest BCUT2D eigenvalue weighted by Crippen LogP contribution is 2.42. The molecule has 1 fully saturated rings. The Hall–Kier alpha value is 0. The molecule has 0 aromatic heterocycles. The summed E-state index contributed by atoms with van der Waals surface area (Å²) in [4.78, 5) is 0. The molecule has 1 rings (SSSR count). The van der Waals surface area contributed by atoms with Gasteiger partial charge in [0.15, 0.2) is 0 Å². The van der Waals surface area contributed by atoms with Crippen LogP contribution in [-0.2, 0) is 0 Å². The van der Waals surface area contributed by atoms with Crippen LogP contribution in [0.2, 0.25) is 0 Å². The van der Waals surface area contributed by atoms with Gasteiger partial charge in [0.1, 0.15) is 0 Å². The zero-order valence-electron chi connectivity index (χ0n) is 8.43. The lowest BCUT2D eigenvalue weighted by atomic mass is 9.89. The maximum absolute atomic E-state index is 2.44. The molecule has 0 radical (unpaired) electrons. The monoisotopic (exact) mass is 154 g/mol. The quantitative estimate of drug-likeness (QED) is 0.568. The summed E-state index contributed by atoms with van der Waals surface area (Å²) in [6, 6.07) is 0. The topological polar surface area (TPSA) is 0 Å². The van der Waals surface area contributed by atoms with Crippen LogP contribution in [0.5, 0.6) is 0 Å². The summed E-state index contributed by atoms with van der Waals surface area (Å²) in [5.74, 6) is 3.95. The highest BCUT2D eigenvalue weighted by atomic mass is 14.4. The smallest absolute Gasteiger partial charge is 0.0383 e. The molecule has 0 amide bonds. The van der Waals surface area contributed by atoms with Crippen molar-refractivity contribution >= 4 is 0 Å². The van der Waals surface area contributed by atoms with Gasteiger partial charge in [-0.25, -0.2) is 0 Å². The van der Waals surface area contributed by atoms with E-state index in [9.17, 15) is 0 Å². The van der Waals surface area contributed by atoms with Crippen molar-refractivity contribution in [2.75, 3.05) is 0 Å². The molecule has 4 unspecified atom stereocenters. The molecule has 0 spiro atoms. The van der Waals surface area contributed by atoms with Gasteiger partial charge in [-0.05, 0) is 30.1 Å². The van der Waals surface area contributed by atoms with Gasteiger partial charge in [0.05, 0.1) is 0 Å². The van der Waals surface area contributed by atoms with Crippen LogP contribution in [-0.4, -0.2) is 0 Å².